The molecule has 0 spiro atoms. The van der Waals surface area contributed by atoms with Gasteiger partial charge in [0.25, 0.3) is 5.91 Å². The van der Waals surface area contributed by atoms with Crippen molar-refractivity contribution in [2.45, 2.75) is 58.7 Å². The summed E-state index contributed by atoms with van der Waals surface area (Å²) in [5, 5.41) is 8.50. The van der Waals surface area contributed by atoms with Gasteiger partial charge in [0, 0.05) is 26.1 Å². The Hall–Kier alpha value is -3.31. The van der Waals surface area contributed by atoms with Crippen molar-refractivity contribution in [3.05, 3.63) is 59.6 Å². The molecule has 1 aromatic carbocycles. The maximum absolute atomic E-state index is 13.8. The standard InChI is InChI=1S/C26H37N5O5Si/c1-19-23(25(33)34-5)29-22(36-19)13-17-30(16-10-18-35-37(6,7)26(2,3)4)24(32)20-11-8-9-12-21(20)31-27-14-15-28-31/h8-9,11-12,14-15H,10,13,16-18H2,1-7H3. The number of hydrogen-bond donors (Lipinski definition) is 0. The highest BCUT2D eigenvalue weighted by Gasteiger charge is 2.37. The van der Waals surface area contributed by atoms with Crippen LogP contribution in [-0.2, 0) is 15.6 Å². The van der Waals surface area contributed by atoms with Crippen molar-refractivity contribution in [3.63, 3.8) is 0 Å². The first-order chi connectivity index (χ1) is 17.4. The first-order valence-corrected chi connectivity index (χ1v) is 15.3. The van der Waals surface area contributed by atoms with Crippen LogP contribution in [0.1, 0.15) is 59.7 Å². The zero-order chi connectivity index (χ0) is 27.2. The molecule has 0 saturated carbocycles. The average Bonchev–Trinajstić information content (AvgIpc) is 3.52. The fourth-order valence-corrected chi connectivity index (χ4v) is 4.62. The fourth-order valence-electron chi connectivity index (χ4n) is 3.53. The van der Waals surface area contributed by atoms with Crippen LogP contribution >= 0.6 is 0 Å². The number of methoxy groups -OCH3 is 1. The fraction of sp³-hybridized carbons (Fsp3) is 0.500. The molecule has 10 nitrogen and oxygen atoms in total. The summed E-state index contributed by atoms with van der Waals surface area (Å²) in [5.74, 6) is 0.0495. The summed E-state index contributed by atoms with van der Waals surface area (Å²) in [7, 11) is -0.595. The molecule has 3 aromatic rings. The molecule has 1 amide bonds. The molecule has 0 bridgehead atoms. The molecule has 0 fully saturated rings. The highest BCUT2D eigenvalue weighted by molar-refractivity contribution is 6.74. The zero-order valence-corrected chi connectivity index (χ0v) is 23.8. The van der Waals surface area contributed by atoms with Crippen molar-refractivity contribution in [3.8, 4) is 5.69 Å². The second kappa shape index (κ2) is 11.8. The minimum Gasteiger partial charge on any atom is -0.464 e. The quantitative estimate of drug-likeness (QED) is 0.204. The molecule has 0 aliphatic rings. The maximum Gasteiger partial charge on any atom is 0.360 e. The molecule has 0 N–H and O–H groups in total. The predicted molar refractivity (Wildman–Crippen MR) is 141 cm³/mol. The van der Waals surface area contributed by atoms with E-state index < -0.39 is 14.3 Å². The number of ether oxygens (including phenoxy) is 1. The summed E-state index contributed by atoms with van der Waals surface area (Å²) in [6.07, 6.45) is 4.16. The van der Waals surface area contributed by atoms with Crippen LogP contribution in [0.25, 0.3) is 5.69 Å². The summed E-state index contributed by atoms with van der Waals surface area (Å²) in [5.41, 5.74) is 1.23. The van der Waals surface area contributed by atoms with E-state index >= 15 is 0 Å². The number of hydrogen-bond acceptors (Lipinski definition) is 8. The van der Waals surface area contributed by atoms with Gasteiger partial charge in [-0.25, -0.2) is 9.78 Å². The van der Waals surface area contributed by atoms with Gasteiger partial charge < -0.3 is 18.5 Å². The number of oxazole rings is 1. The molecule has 0 atom stereocenters. The number of para-hydroxylation sites is 1. The van der Waals surface area contributed by atoms with Crippen LogP contribution in [0.4, 0.5) is 0 Å². The van der Waals surface area contributed by atoms with Gasteiger partial charge in [-0.15, -0.1) is 0 Å². The van der Waals surface area contributed by atoms with Gasteiger partial charge in [0.05, 0.1) is 30.8 Å². The van der Waals surface area contributed by atoms with E-state index in [0.29, 0.717) is 55.4 Å². The summed E-state index contributed by atoms with van der Waals surface area (Å²) in [4.78, 5) is 33.2. The van der Waals surface area contributed by atoms with Crippen LogP contribution in [0.15, 0.2) is 41.1 Å². The van der Waals surface area contributed by atoms with Crippen LogP contribution in [-0.4, -0.2) is 71.9 Å². The number of aryl methyl sites for hydroxylation is 1. The summed E-state index contributed by atoms with van der Waals surface area (Å²) < 4.78 is 16.8. The first-order valence-electron chi connectivity index (χ1n) is 12.4. The second-order valence-electron chi connectivity index (χ2n) is 10.3. The Bertz CT molecular complexity index is 1200. The van der Waals surface area contributed by atoms with Crippen LogP contribution in [0, 0.1) is 6.92 Å². The van der Waals surface area contributed by atoms with E-state index in [1.54, 1.807) is 30.3 Å². The minimum absolute atomic E-state index is 0.109. The monoisotopic (exact) mass is 527 g/mol. The molecule has 0 unspecified atom stereocenters. The van der Waals surface area contributed by atoms with Crippen molar-refractivity contribution >= 4 is 20.2 Å². The predicted octanol–water partition coefficient (Wildman–Crippen LogP) is 4.45. The molecule has 0 aliphatic carbocycles. The van der Waals surface area contributed by atoms with Crippen LogP contribution in [0.3, 0.4) is 0 Å². The van der Waals surface area contributed by atoms with Gasteiger partial charge in [-0.1, -0.05) is 32.9 Å². The van der Waals surface area contributed by atoms with E-state index in [-0.39, 0.29) is 16.6 Å². The number of carbonyl (C=O) groups is 2. The Kier molecular flexibility index (Phi) is 9.03. The van der Waals surface area contributed by atoms with E-state index in [1.165, 1.54) is 11.9 Å². The number of rotatable bonds is 11. The van der Waals surface area contributed by atoms with Gasteiger partial charge in [-0.3, -0.25) is 4.79 Å². The Morgan fingerprint density at radius 1 is 1.11 bits per heavy atom. The SMILES string of the molecule is COC(=O)c1nc(CCN(CCCO[Si](C)(C)C(C)(C)C)C(=O)c2ccccc2-n2nccn2)oc1C. The first kappa shape index (κ1) is 28.3. The largest absolute Gasteiger partial charge is 0.464 e. The lowest BCUT2D eigenvalue weighted by molar-refractivity contribution is 0.0592. The molecule has 200 valence electrons. The maximum atomic E-state index is 13.8. The highest BCUT2D eigenvalue weighted by Crippen LogP contribution is 2.36. The molecule has 11 heteroatoms. The molecular weight excluding hydrogens is 490 g/mol. The van der Waals surface area contributed by atoms with E-state index in [1.807, 2.05) is 18.2 Å². The van der Waals surface area contributed by atoms with Gasteiger partial charge in [0.15, 0.2) is 19.9 Å². The number of amides is 1. The number of benzene rings is 1. The van der Waals surface area contributed by atoms with Gasteiger partial charge in [-0.05, 0) is 43.6 Å². The topological polar surface area (TPSA) is 113 Å². The molecule has 2 heterocycles. The van der Waals surface area contributed by atoms with Crippen molar-refractivity contribution in [1.29, 1.82) is 0 Å². The molecule has 37 heavy (non-hydrogen) atoms. The summed E-state index contributed by atoms with van der Waals surface area (Å²) in [6.45, 7) is 14.1. The van der Waals surface area contributed by atoms with Crippen LogP contribution < -0.4 is 0 Å². The van der Waals surface area contributed by atoms with Gasteiger partial charge in [-0.2, -0.15) is 15.0 Å². The number of esters is 1. The lowest BCUT2D eigenvalue weighted by Crippen LogP contribution is -2.41. The van der Waals surface area contributed by atoms with Crippen molar-refractivity contribution in [2.75, 3.05) is 26.8 Å². The third-order valence-electron chi connectivity index (χ3n) is 6.71. The van der Waals surface area contributed by atoms with Crippen molar-refractivity contribution in [2.24, 2.45) is 0 Å². The van der Waals surface area contributed by atoms with Crippen LogP contribution in [0.5, 0.6) is 0 Å². The zero-order valence-electron chi connectivity index (χ0n) is 22.8. The number of carbonyl (C=O) groups excluding carboxylic acids is 2. The molecule has 3 rings (SSSR count). The number of nitrogens with zero attached hydrogens (tertiary/aromatic N) is 5. The average molecular weight is 528 g/mol. The molecule has 0 radical (unpaired) electrons. The Labute approximate surface area is 219 Å². The van der Waals surface area contributed by atoms with E-state index in [2.05, 4.69) is 49.0 Å². The third-order valence-corrected chi connectivity index (χ3v) is 11.3. The van der Waals surface area contributed by atoms with Gasteiger partial charge in [0.2, 0.25) is 0 Å². The smallest absolute Gasteiger partial charge is 0.360 e. The third kappa shape index (κ3) is 6.92. The molecule has 0 aliphatic heterocycles. The van der Waals surface area contributed by atoms with Crippen LogP contribution in [0.2, 0.25) is 18.1 Å². The second-order valence-corrected chi connectivity index (χ2v) is 15.2. The normalized spacial score (nSPS) is 12.0. The summed E-state index contributed by atoms with van der Waals surface area (Å²) in [6, 6.07) is 7.24. The van der Waals surface area contributed by atoms with E-state index in [0.717, 1.165) is 0 Å². The number of aromatic nitrogens is 4. The van der Waals surface area contributed by atoms with Crippen molar-refractivity contribution in [1.82, 2.24) is 24.9 Å². The lowest BCUT2D eigenvalue weighted by Gasteiger charge is -2.36. The summed E-state index contributed by atoms with van der Waals surface area (Å²) >= 11 is 0. The Morgan fingerprint density at radius 3 is 2.43 bits per heavy atom. The molecular formula is C26H37N5O5Si. The minimum atomic E-state index is -1.89. The van der Waals surface area contributed by atoms with Gasteiger partial charge in [0.1, 0.15) is 5.76 Å². The Balaban J connectivity index is 1.78. The van der Waals surface area contributed by atoms with E-state index in [4.69, 9.17) is 13.6 Å². The highest BCUT2D eigenvalue weighted by atomic mass is 28.4. The van der Waals surface area contributed by atoms with E-state index in [9.17, 15) is 9.59 Å². The molecule has 0 saturated heterocycles. The molecule has 2 aromatic heterocycles. The van der Waals surface area contributed by atoms with Gasteiger partial charge >= 0.3 is 5.97 Å². The van der Waals surface area contributed by atoms with Crippen molar-refractivity contribution < 1.29 is 23.2 Å². The lowest BCUT2D eigenvalue weighted by atomic mass is 10.1. The Morgan fingerprint density at radius 2 is 1.78 bits per heavy atom.